The highest BCUT2D eigenvalue weighted by molar-refractivity contribution is 5.77. The van der Waals surface area contributed by atoms with E-state index in [1.165, 1.54) is 0 Å². The normalized spacial score (nSPS) is 25.2. The van der Waals surface area contributed by atoms with E-state index in [1.807, 2.05) is 4.90 Å². The van der Waals surface area contributed by atoms with Crippen LogP contribution in [0.25, 0.3) is 11.3 Å². The molecule has 0 aliphatic carbocycles. The Labute approximate surface area is 210 Å². The number of urea groups is 1. The summed E-state index contributed by atoms with van der Waals surface area (Å²) in [5.41, 5.74) is 7.44. The number of nitrogen functional groups attached to an aromatic ring is 1. The molecule has 2 amide bonds. The van der Waals surface area contributed by atoms with E-state index >= 15 is 0 Å². The van der Waals surface area contributed by atoms with Gasteiger partial charge in [-0.05, 0) is 26.7 Å². The zero-order valence-electron chi connectivity index (χ0n) is 20.9. The molecule has 4 aliphatic heterocycles. The molecule has 0 bridgehead atoms. The first-order valence-electron chi connectivity index (χ1n) is 12.6. The maximum atomic E-state index is 13.0. The lowest BCUT2D eigenvalue weighted by molar-refractivity contribution is -0.0659. The molecule has 12 nitrogen and oxygen atoms in total. The van der Waals surface area contributed by atoms with E-state index in [1.54, 1.807) is 24.2 Å². The minimum Gasteiger partial charge on any atom is -0.386 e. The Morgan fingerprint density at radius 3 is 2.44 bits per heavy atom. The molecule has 6 heterocycles. The van der Waals surface area contributed by atoms with Crippen LogP contribution in [0, 0.1) is 0 Å². The molecule has 2 aromatic rings. The van der Waals surface area contributed by atoms with Gasteiger partial charge in [0.15, 0.2) is 0 Å². The van der Waals surface area contributed by atoms with Crippen LogP contribution in [-0.4, -0.2) is 111 Å². The van der Waals surface area contributed by atoms with Crippen LogP contribution in [0.3, 0.4) is 0 Å². The summed E-state index contributed by atoms with van der Waals surface area (Å²) >= 11 is 0. The highest BCUT2D eigenvalue weighted by atomic mass is 16.5. The fourth-order valence-electron chi connectivity index (χ4n) is 5.81. The molecule has 1 atom stereocenters. The predicted molar refractivity (Wildman–Crippen MR) is 134 cm³/mol. The van der Waals surface area contributed by atoms with Gasteiger partial charge in [0, 0.05) is 56.2 Å². The third-order valence-corrected chi connectivity index (χ3v) is 7.76. The highest BCUT2D eigenvalue weighted by Gasteiger charge is 2.48. The minimum absolute atomic E-state index is 0.000996. The van der Waals surface area contributed by atoms with Crippen molar-refractivity contribution in [1.82, 2.24) is 29.7 Å². The monoisotopic (exact) mass is 495 g/mol. The third-order valence-electron chi connectivity index (χ3n) is 7.76. The van der Waals surface area contributed by atoms with Gasteiger partial charge >= 0.3 is 6.03 Å². The van der Waals surface area contributed by atoms with Crippen LogP contribution < -0.4 is 15.5 Å². The summed E-state index contributed by atoms with van der Waals surface area (Å²) in [6, 6.07) is 0.000996. The third kappa shape index (κ3) is 3.97. The molecule has 12 heteroatoms. The predicted octanol–water partition coefficient (Wildman–Crippen LogP) is 0.366. The summed E-state index contributed by atoms with van der Waals surface area (Å²) in [7, 11) is 0. The number of carbonyl (C=O) groups is 1. The minimum atomic E-state index is -0.776. The zero-order chi connectivity index (χ0) is 25.1. The Kier molecular flexibility index (Phi) is 5.41. The van der Waals surface area contributed by atoms with Crippen LogP contribution in [-0.2, 0) is 11.2 Å². The number of likely N-dealkylation sites (tertiary alicyclic amines) is 2. The SMILES string of the molecule is CC1(O)CN(C(=O)N2CC[C@](C)(N3CCc4c(-c5cnc(N)nc5)nc(N5CCOCC5)nc43)C2)C1. The number of morpholine rings is 1. The number of hydrogen-bond donors (Lipinski definition) is 2. The molecule has 36 heavy (non-hydrogen) atoms. The molecule has 2 aromatic heterocycles. The number of aromatic nitrogens is 4. The Hall–Kier alpha value is -3.25. The molecular formula is C24H33N9O3. The second-order valence-electron chi connectivity index (χ2n) is 10.8. The summed E-state index contributed by atoms with van der Waals surface area (Å²) in [5.74, 6) is 1.82. The van der Waals surface area contributed by atoms with E-state index in [4.69, 9.17) is 20.4 Å². The maximum Gasteiger partial charge on any atom is 0.320 e. The van der Waals surface area contributed by atoms with Gasteiger partial charge in [-0.2, -0.15) is 4.98 Å². The molecule has 0 unspecified atom stereocenters. The van der Waals surface area contributed by atoms with Crippen molar-refractivity contribution < 1.29 is 14.6 Å². The summed E-state index contributed by atoms with van der Waals surface area (Å²) in [6.45, 7) is 9.59. The fourth-order valence-corrected chi connectivity index (χ4v) is 5.81. The van der Waals surface area contributed by atoms with Crippen LogP contribution in [0.15, 0.2) is 12.4 Å². The number of aliphatic hydroxyl groups is 1. The lowest BCUT2D eigenvalue weighted by atomic mass is 9.97. The molecule has 0 spiro atoms. The molecule has 0 saturated carbocycles. The van der Waals surface area contributed by atoms with Crippen molar-refractivity contribution in [1.29, 1.82) is 0 Å². The molecule has 3 saturated heterocycles. The Balaban J connectivity index is 1.32. The highest BCUT2D eigenvalue weighted by Crippen LogP contribution is 2.41. The Morgan fingerprint density at radius 1 is 1.03 bits per heavy atom. The average Bonchev–Trinajstić information content (AvgIpc) is 3.47. The Bertz CT molecular complexity index is 1160. The fraction of sp³-hybridized carbons (Fsp3) is 0.625. The van der Waals surface area contributed by atoms with Gasteiger partial charge in [0.1, 0.15) is 5.82 Å². The van der Waals surface area contributed by atoms with Gasteiger partial charge in [0.25, 0.3) is 0 Å². The quantitative estimate of drug-likeness (QED) is 0.614. The molecule has 4 aliphatic rings. The number of ether oxygens (including phenoxy) is 1. The summed E-state index contributed by atoms with van der Waals surface area (Å²) in [4.78, 5) is 39.6. The molecule has 0 radical (unpaired) electrons. The lowest BCUT2D eigenvalue weighted by Gasteiger charge is -2.45. The van der Waals surface area contributed by atoms with Gasteiger partial charge < -0.3 is 35.2 Å². The standard InChI is InChI=1S/C24H33N9O3/c1-23(4-6-31(13-23)22(34)32-14-24(2,35)15-32)33-5-3-17-18(16-11-26-20(25)27-12-16)28-21(29-19(17)33)30-7-9-36-10-8-30/h11-12,35H,3-10,13-15H2,1-2H3,(H2,25,26,27)/t23-/m0/s1. The second kappa shape index (κ2) is 8.41. The number of carbonyl (C=O) groups excluding carboxylic acids is 1. The number of anilines is 3. The lowest BCUT2D eigenvalue weighted by Crippen LogP contribution is -2.64. The van der Waals surface area contributed by atoms with Crippen LogP contribution in [0.1, 0.15) is 25.8 Å². The van der Waals surface area contributed by atoms with Crippen molar-refractivity contribution in [2.45, 2.75) is 37.8 Å². The van der Waals surface area contributed by atoms with Crippen molar-refractivity contribution >= 4 is 23.7 Å². The van der Waals surface area contributed by atoms with Crippen LogP contribution in [0.4, 0.5) is 22.5 Å². The van der Waals surface area contributed by atoms with Crippen molar-refractivity contribution in [2.24, 2.45) is 0 Å². The molecular weight excluding hydrogens is 462 g/mol. The van der Waals surface area contributed by atoms with E-state index in [9.17, 15) is 9.90 Å². The molecule has 0 aromatic carbocycles. The van der Waals surface area contributed by atoms with Gasteiger partial charge in [-0.1, -0.05) is 0 Å². The number of amides is 2. The smallest absolute Gasteiger partial charge is 0.320 e. The molecule has 3 N–H and O–H groups in total. The van der Waals surface area contributed by atoms with Crippen molar-refractivity contribution in [2.75, 3.05) is 74.6 Å². The van der Waals surface area contributed by atoms with Crippen LogP contribution in [0.2, 0.25) is 0 Å². The van der Waals surface area contributed by atoms with Crippen molar-refractivity contribution in [3.63, 3.8) is 0 Å². The van der Waals surface area contributed by atoms with Crippen LogP contribution >= 0.6 is 0 Å². The van der Waals surface area contributed by atoms with E-state index < -0.39 is 5.60 Å². The largest absolute Gasteiger partial charge is 0.386 e. The van der Waals surface area contributed by atoms with E-state index in [0.717, 1.165) is 55.1 Å². The first kappa shape index (κ1) is 23.2. The number of nitrogens with zero attached hydrogens (tertiary/aromatic N) is 8. The first-order valence-corrected chi connectivity index (χ1v) is 12.6. The van der Waals surface area contributed by atoms with E-state index in [0.29, 0.717) is 45.3 Å². The van der Waals surface area contributed by atoms with Gasteiger partial charge in [0.2, 0.25) is 11.9 Å². The second-order valence-corrected chi connectivity index (χ2v) is 10.8. The average molecular weight is 496 g/mol. The number of hydrogen-bond acceptors (Lipinski definition) is 10. The number of β-amino-alcohol motifs (C(OH)–C–C–N with tert-alkyl or cyclic N) is 1. The number of fused-ring (bicyclic) bond motifs is 1. The number of rotatable bonds is 3. The summed E-state index contributed by atoms with van der Waals surface area (Å²) in [5, 5.41) is 10.1. The van der Waals surface area contributed by atoms with Crippen molar-refractivity contribution in [3.05, 3.63) is 18.0 Å². The summed E-state index contributed by atoms with van der Waals surface area (Å²) in [6.07, 6.45) is 5.09. The van der Waals surface area contributed by atoms with Gasteiger partial charge in [0.05, 0.1) is 43.1 Å². The van der Waals surface area contributed by atoms with E-state index in [-0.39, 0.29) is 17.5 Å². The van der Waals surface area contributed by atoms with E-state index in [2.05, 4.69) is 26.7 Å². The topological polar surface area (TPSA) is 137 Å². The van der Waals surface area contributed by atoms with Crippen LogP contribution in [0.5, 0.6) is 0 Å². The molecule has 3 fully saturated rings. The molecule has 6 rings (SSSR count). The molecule has 192 valence electrons. The van der Waals surface area contributed by atoms with Gasteiger partial charge in [-0.3, -0.25) is 0 Å². The summed E-state index contributed by atoms with van der Waals surface area (Å²) < 4.78 is 5.54. The Morgan fingerprint density at radius 2 is 1.75 bits per heavy atom. The number of nitrogens with two attached hydrogens (primary N) is 1. The maximum absolute atomic E-state index is 13.0. The van der Waals surface area contributed by atoms with Crippen molar-refractivity contribution in [3.8, 4) is 11.3 Å². The zero-order valence-corrected chi connectivity index (χ0v) is 20.9. The first-order chi connectivity index (χ1) is 17.2. The van der Waals surface area contributed by atoms with Gasteiger partial charge in [-0.15, -0.1) is 0 Å². The van der Waals surface area contributed by atoms with Gasteiger partial charge in [-0.25, -0.2) is 19.7 Å².